The highest BCUT2D eigenvalue weighted by Crippen LogP contribution is 2.31. The first-order valence-electron chi connectivity index (χ1n) is 12.8. The third-order valence-electron chi connectivity index (χ3n) is 6.19. The molecular weight excluding hydrogens is 623 g/mol. The van der Waals surface area contributed by atoms with Crippen LogP contribution < -0.4 is 15.4 Å². The average molecular weight is 650 g/mol. The number of nitrogens with zero attached hydrogens (tertiary/aromatic N) is 3. The third kappa shape index (κ3) is 8.86. The lowest BCUT2D eigenvalue weighted by molar-refractivity contribution is -0.137. The van der Waals surface area contributed by atoms with Gasteiger partial charge in [-0.15, -0.1) is 23.7 Å². The van der Waals surface area contributed by atoms with Crippen LogP contribution >= 0.6 is 23.7 Å². The summed E-state index contributed by atoms with van der Waals surface area (Å²) in [4.78, 5) is 13.5. The van der Waals surface area contributed by atoms with Gasteiger partial charge in [-0.25, -0.2) is 23.4 Å². The van der Waals surface area contributed by atoms with Crippen LogP contribution in [0.2, 0.25) is 0 Å². The van der Waals surface area contributed by atoms with Crippen molar-refractivity contribution in [2.75, 3.05) is 23.9 Å². The maximum Gasteiger partial charge on any atom is 0.416 e. The molecule has 0 atom stereocenters. The number of anilines is 2. The van der Waals surface area contributed by atoms with Gasteiger partial charge in [0, 0.05) is 41.4 Å². The van der Waals surface area contributed by atoms with E-state index >= 15 is 0 Å². The maximum absolute atomic E-state index is 13.0. The predicted molar refractivity (Wildman–Crippen MR) is 165 cm³/mol. The van der Waals surface area contributed by atoms with E-state index in [9.17, 15) is 21.6 Å². The van der Waals surface area contributed by atoms with Crippen LogP contribution in [0, 0.1) is 0 Å². The van der Waals surface area contributed by atoms with Gasteiger partial charge in [0.1, 0.15) is 39.3 Å². The van der Waals surface area contributed by atoms with Crippen molar-refractivity contribution < 1.29 is 26.3 Å². The quantitative estimate of drug-likeness (QED) is 0.153. The number of thiazole rings is 1. The van der Waals surface area contributed by atoms with E-state index in [1.54, 1.807) is 30.3 Å². The van der Waals surface area contributed by atoms with E-state index < -0.39 is 21.6 Å². The van der Waals surface area contributed by atoms with Crippen LogP contribution in [0.3, 0.4) is 0 Å². The molecule has 2 N–H and O–H groups in total. The second kappa shape index (κ2) is 13.7. The monoisotopic (exact) mass is 649 g/mol. The first kappa shape index (κ1) is 32.1. The molecule has 2 heterocycles. The van der Waals surface area contributed by atoms with Crippen LogP contribution in [-0.4, -0.2) is 41.9 Å². The lowest BCUT2D eigenvalue weighted by Crippen LogP contribution is -2.21. The molecule has 0 unspecified atom stereocenters. The molecular formula is C29H27ClF3N5O3S2. The minimum Gasteiger partial charge on any atom is -0.489 e. The largest absolute Gasteiger partial charge is 0.489 e. The normalized spacial score (nSPS) is 11.7. The smallest absolute Gasteiger partial charge is 0.416 e. The van der Waals surface area contributed by atoms with E-state index in [0.29, 0.717) is 30.2 Å². The SMILES string of the molecule is CS(=O)(=O)CCNCc1nc(-c2ccc3ncnc(Nc4ccc(OCc5cccc(C(F)(F)F)c5)cc4)c3c2)cs1.Cl. The maximum atomic E-state index is 13.0. The number of halogens is 4. The van der Waals surface area contributed by atoms with Gasteiger partial charge >= 0.3 is 6.18 Å². The zero-order valence-electron chi connectivity index (χ0n) is 22.8. The van der Waals surface area contributed by atoms with Gasteiger partial charge in [-0.2, -0.15) is 13.2 Å². The molecule has 14 heteroatoms. The summed E-state index contributed by atoms with van der Waals surface area (Å²) in [5.41, 5.74) is 2.87. The highest BCUT2D eigenvalue weighted by atomic mass is 35.5. The van der Waals surface area contributed by atoms with Crippen LogP contribution in [0.5, 0.6) is 5.75 Å². The molecule has 0 saturated heterocycles. The minimum atomic E-state index is -4.40. The zero-order chi connectivity index (χ0) is 29.7. The summed E-state index contributed by atoms with van der Waals surface area (Å²) in [6.45, 7) is 0.841. The van der Waals surface area contributed by atoms with Crippen molar-refractivity contribution in [1.82, 2.24) is 20.3 Å². The molecule has 0 aliphatic carbocycles. The van der Waals surface area contributed by atoms with Crippen molar-refractivity contribution in [3.8, 4) is 17.0 Å². The Balaban J connectivity index is 0.00000423. The number of benzene rings is 3. The first-order valence-corrected chi connectivity index (χ1v) is 15.7. The summed E-state index contributed by atoms with van der Waals surface area (Å²) in [7, 11) is -3.02. The van der Waals surface area contributed by atoms with E-state index in [1.807, 2.05) is 23.6 Å². The number of nitrogens with one attached hydrogen (secondary N) is 2. The van der Waals surface area contributed by atoms with Gasteiger partial charge in [0.15, 0.2) is 0 Å². The second-order valence-electron chi connectivity index (χ2n) is 9.52. The molecule has 8 nitrogen and oxygen atoms in total. The van der Waals surface area contributed by atoms with Crippen LogP contribution in [-0.2, 0) is 29.2 Å². The van der Waals surface area contributed by atoms with Gasteiger partial charge in [-0.05, 0) is 54.1 Å². The molecule has 2 aromatic heterocycles. The minimum absolute atomic E-state index is 0. The van der Waals surface area contributed by atoms with Crippen LogP contribution in [0.15, 0.2) is 78.4 Å². The Morgan fingerprint density at radius 1 is 1.00 bits per heavy atom. The summed E-state index contributed by atoms with van der Waals surface area (Å²) >= 11 is 1.49. The second-order valence-corrected chi connectivity index (χ2v) is 12.7. The number of ether oxygens (including phenoxy) is 1. The van der Waals surface area contributed by atoms with E-state index in [4.69, 9.17) is 4.74 Å². The Hall–Kier alpha value is -3.78. The fourth-order valence-corrected chi connectivity index (χ4v) is 5.36. The number of hydrogen-bond donors (Lipinski definition) is 2. The van der Waals surface area contributed by atoms with Gasteiger partial charge in [0.05, 0.1) is 22.5 Å². The average Bonchev–Trinajstić information content (AvgIpc) is 3.43. The van der Waals surface area contributed by atoms with Crippen molar-refractivity contribution >= 4 is 56.0 Å². The summed E-state index contributed by atoms with van der Waals surface area (Å²) in [5.74, 6) is 1.18. The standard InChI is InChI=1S/C29H26F3N5O3S2.ClH/c1-42(38,39)12-11-33-15-27-37-26(17-41-27)20-5-10-25-24(14-20)28(35-18-34-25)36-22-6-8-23(9-7-22)40-16-19-3-2-4-21(13-19)29(30,31)32;/h2-10,13-14,17-18,33H,11-12,15-16H2,1H3,(H,34,35,36);1H. The van der Waals surface area contributed by atoms with Crippen molar-refractivity contribution in [2.24, 2.45) is 0 Å². The van der Waals surface area contributed by atoms with Crippen molar-refractivity contribution in [1.29, 1.82) is 0 Å². The molecule has 0 aliphatic heterocycles. The van der Waals surface area contributed by atoms with E-state index in [2.05, 4.69) is 25.6 Å². The topological polar surface area (TPSA) is 106 Å². The third-order valence-corrected chi connectivity index (χ3v) is 7.98. The lowest BCUT2D eigenvalue weighted by Gasteiger charge is -2.12. The molecule has 3 aromatic carbocycles. The Morgan fingerprint density at radius 3 is 2.53 bits per heavy atom. The van der Waals surface area contributed by atoms with E-state index in [0.717, 1.165) is 45.0 Å². The molecule has 5 rings (SSSR count). The molecule has 43 heavy (non-hydrogen) atoms. The zero-order valence-corrected chi connectivity index (χ0v) is 25.2. The number of rotatable bonds is 11. The summed E-state index contributed by atoms with van der Waals surface area (Å²) < 4.78 is 67.2. The van der Waals surface area contributed by atoms with Crippen molar-refractivity contribution in [3.63, 3.8) is 0 Å². The fraction of sp³-hybridized carbons (Fsp3) is 0.207. The molecule has 0 aliphatic rings. The summed E-state index contributed by atoms with van der Waals surface area (Å²) in [5, 5.41) is 9.98. The van der Waals surface area contributed by atoms with Gasteiger partial charge in [-0.3, -0.25) is 0 Å². The molecule has 0 amide bonds. The molecule has 0 radical (unpaired) electrons. The van der Waals surface area contributed by atoms with E-state index in [1.165, 1.54) is 30.0 Å². The number of hydrogen-bond acceptors (Lipinski definition) is 9. The van der Waals surface area contributed by atoms with Crippen LogP contribution in [0.25, 0.3) is 22.2 Å². The Labute approximate surface area is 256 Å². The highest BCUT2D eigenvalue weighted by molar-refractivity contribution is 7.90. The van der Waals surface area contributed by atoms with Gasteiger partial charge < -0.3 is 15.4 Å². The number of alkyl halides is 3. The molecule has 0 fully saturated rings. The van der Waals surface area contributed by atoms with Gasteiger partial charge in [0.2, 0.25) is 0 Å². The Kier molecular flexibility index (Phi) is 10.2. The number of sulfone groups is 1. The first-order chi connectivity index (χ1) is 20.0. The fourth-order valence-electron chi connectivity index (χ4n) is 4.07. The van der Waals surface area contributed by atoms with E-state index in [-0.39, 0.29) is 24.8 Å². The molecule has 0 bridgehead atoms. The molecule has 5 aromatic rings. The molecule has 0 spiro atoms. The summed E-state index contributed by atoms with van der Waals surface area (Å²) in [6.07, 6.45) is -1.72. The molecule has 226 valence electrons. The van der Waals surface area contributed by atoms with Crippen LogP contribution in [0.4, 0.5) is 24.7 Å². The number of fused-ring (bicyclic) bond motifs is 1. The van der Waals surface area contributed by atoms with Gasteiger partial charge in [-0.1, -0.05) is 18.2 Å². The highest BCUT2D eigenvalue weighted by Gasteiger charge is 2.30. The van der Waals surface area contributed by atoms with Crippen LogP contribution in [0.1, 0.15) is 16.1 Å². The molecule has 0 saturated carbocycles. The number of aromatic nitrogens is 3. The Bertz CT molecular complexity index is 1800. The van der Waals surface area contributed by atoms with Crippen molar-refractivity contribution in [3.05, 3.63) is 94.6 Å². The van der Waals surface area contributed by atoms with Gasteiger partial charge in [0.25, 0.3) is 0 Å². The Morgan fingerprint density at radius 2 is 1.79 bits per heavy atom. The van der Waals surface area contributed by atoms with Crippen molar-refractivity contribution in [2.45, 2.75) is 19.3 Å². The summed E-state index contributed by atoms with van der Waals surface area (Å²) in [6, 6.07) is 17.9. The predicted octanol–water partition coefficient (Wildman–Crippen LogP) is 6.65. The lowest BCUT2D eigenvalue weighted by atomic mass is 10.1.